The zero-order valence-corrected chi connectivity index (χ0v) is 22.5. The molecule has 0 radical (unpaired) electrons. The first-order valence-electron chi connectivity index (χ1n) is 13.0. The van der Waals surface area contributed by atoms with E-state index in [-0.39, 0.29) is 27.8 Å². The van der Waals surface area contributed by atoms with Crippen LogP contribution in [0, 0.1) is 11.3 Å². The molecular formula is C30H42O2Si. The van der Waals surface area contributed by atoms with Gasteiger partial charge >= 0.3 is 0 Å². The van der Waals surface area contributed by atoms with Gasteiger partial charge in [-0.15, -0.1) is 0 Å². The normalized spacial score (nSPS) is 33.5. The van der Waals surface area contributed by atoms with Gasteiger partial charge in [-0.1, -0.05) is 88.4 Å². The number of benzene rings is 2. The van der Waals surface area contributed by atoms with Crippen LogP contribution in [-0.2, 0) is 9.16 Å². The molecule has 2 aromatic carbocycles. The summed E-state index contributed by atoms with van der Waals surface area (Å²) in [6, 6.07) is 22.2. The van der Waals surface area contributed by atoms with E-state index in [1.165, 1.54) is 36.1 Å². The summed E-state index contributed by atoms with van der Waals surface area (Å²) < 4.78 is 14.6. The Balaban J connectivity index is 1.56. The molecule has 0 aromatic heterocycles. The highest BCUT2D eigenvalue weighted by Crippen LogP contribution is 2.64. The van der Waals surface area contributed by atoms with Crippen molar-refractivity contribution in [2.75, 3.05) is 0 Å². The zero-order chi connectivity index (χ0) is 23.5. The van der Waals surface area contributed by atoms with Gasteiger partial charge in [-0.3, -0.25) is 0 Å². The minimum absolute atomic E-state index is 0.0129. The van der Waals surface area contributed by atoms with E-state index in [9.17, 15) is 0 Å². The van der Waals surface area contributed by atoms with E-state index < -0.39 is 8.32 Å². The standard InChI is InChI=1S/C30H42O2Si/c1-27(2,3)33(25-13-9-7-10-14-25,26-15-11-8-12-16-26)31-24-18-20-29(6)19-17-23-21-30(29,22-24)32-28(23,4)5/h7-16,23-24H,17-22H2,1-6H3/t23-,24-,29+,30-/m0/s1. The highest BCUT2D eigenvalue weighted by atomic mass is 28.4. The van der Waals surface area contributed by atoms with E-state index in [4.69, 9.17) is 9.16 Å². The van der Waals surface area contributed by atoms with Crippen molar-refractivity contribution in [3.8, 4) is 0 Å². The Labute approximate surface area is 202 Å². The van der Waals surface area contributed by atoms with Gasteiger partial charge in [0, 0.05) is 12.5 Å². The molecular weight excluding hydrogens is 420 g/mol. The van der Waals surface area contributed by atoms with Gasteiger partial charge in [0.05, 0.1) is 11.2 Å². The molecule has 2 bridgehead atoms. The van der Waals surface area contributed by atoms with Crippen LogP contribution in [0.1, 0.15) is 80.1 Å². The molecule has 3 heteroatoms. The summed E-state index contributed by atoms with van der Waals surface area (Å²) in [7, 11) is -2.54. The van der Waals surface area contributed by atoms with Gasteiger partial charge in [0.1, 0.15) is 0 Å². The van der Waals surface area contributed by atoms with E-state index in [2.05, 4.69) is 102 Å². The van der Waals surface area contributed by atoms with Crippen LogP contribution in [0.15, 0.2) is 60.7 Å². The summed E-state index contributed by atoms with van der Waals surface area (Å²) in [6.45, 7) is 14.3. The SMILES string of the molecule is CC1(C)O[C@@]23C[C@@H](O[Si](c4ccccc4)(c4ccccc4)C(C)(C)C)CC[C@@]2(C)CC[C@H]1C3. The van der Waals surface area contributed by atoms with Gasteiger partial charge in [0.25, 0.3) is 8.32 Å². The smallest absolute Gasteiger partial charge is 0.261 e. The summed E-state index contributed by atoms with van der Waals surface area (Å²) in [6.07, 6.45) is 7.43. The maximum Gasteiger partial charge on any atom is 0.261 e. The van der Waals surface area contributed by atoms with E-state index in [0.717, 1.165) is 12.8 Å². The van der Waals surface area contributed by atoms with Crippen molar-refractivity contribution in [1.82, 2.24) is 0 Å². The van der Waals surface area contributed by atoms with Gasteiger partial charge in [-0.2, -0.15) is 0 Å². The zero-order valence-electron chi connectivity index (χ0n) is 21.5. The molecule has 2 aliphatic carbocycles. The minimum Gasteiger partial charge on any atom is -0.404 e. The Morgan fingerprint density at radius 2 is 1.36 bits per heavy atom. The van der Waals surface area contributed by atoms with E-state index >= 15 is 0 Å². The first-order chi connectivity index (χ1) is 15.5. The lowest BCUT2D eigenvalue weighted by atomic mass is 9.55. The van der Waals surface area contributed by atoms with Crippen molar-refractivity contribution in [3.63, 3.8) is 0 Å². The van der Waals surface area contributed by atoms with Gasteiger partial charge in [-0.25, -0.2) is 0 Å². The molecule has 2 aromatic rings. The fourth-order valence-electron chi connectivity index (χ4n) is 7.53. The lowest BCUT2D eigenvalue weighted by Gasteiger charge is -2.55. The van der Waals surface area contributed by atoms with Crippen LogP contribution in [0.3, 0.4) is 0 Å². The van der Waals surface area contributed by atoms with E-state index in [1.807, 2.05) is 0 Å². The Morgan fingerprint density at radius 1 is 0.818 bits per heavy atom. The molecule has 1 heterocycles. The average Bonchev–Trinajstić information content (AvgIpc) is 2.99. The summed E-state index contributed by atoms with van der Waals surface area (Å²) >= 11 is 0. The van der Waals surface area contributed by atoms with Crippen LogP contribution in [0.2, 0.25) is 5.04 Å². The van der Waals surface area contributed by atoms with Gasteiger partial charge < -0.3 is 9.16 Å². The fraction of sp³-hybridized carbons (Fsp3) is 0.600. The number of ether oxygens (including phenoxy) is 1. The fourth-order valence-corrected chi connectivity index (χ4v) is 12.2. The predicted octanol–water partition coefficient (Wildman–Crippen LogP) is 6.47. The van der Waals surface area contributed by atoms with Crippen molar-refractivity contribution < 1.29 is 9.16 Å². The van der Waals surface area contributed by atoms with Crippen molar-refractivity contribution >= 4 is 18.7 Å². The molecule has 33 heavy (non-hydrogen) atoms. The third kappa shape index (κ3) is 3.57. The molecule has 4 atom stereocenters. The molecule has 0 N–H and O–H groups in total. The first kappa shape index (κ1) is 23.3. The highest BCUT2D eigenvalue weighted by molar-refractivity contribution is 6.99. The first-order valence-corrected chi connectivity index (χ1v) is 14.9. The largest absolute Gasteiger partial charge is 0.404 e. The maximum absolute atomic E-state index is 7.58. The van der Waals surface area contributed by atoms with Crippen molar-refractivity contribution in [2.24, 2.45) is 11.3 Å². The van der Waals surface area contributed by atoms with E-state index in [1.54, 1.807) is 0 Å². The summed E-state index contributed by atoms with van der Waals surface area (Å²) in [5.41, 5.74) is 0.230. The third-order valence-corrected chi connectivity index (χ3v) is 14.6. The second-order valence-electron chi connectivity index (χ2n) is 12.8. The van der Waals surface area contributed by atoms with Crippen molar-refractivity contribution in [2.45, 2.75) is 102 Å². The number of hydrogen-bond donors (Lipinski definition) is 0. The summed E-state index contributed by atoms with van der Waals surface area (Å²) in [5.74, 6) is 0.678. The number of fused-ring (bicyclic) bond motifs is 1. The molecule has 2 nitrogen and oxygen atoms in total. The van der Waals surface area contributed by atoms with Gasteiger partial charge in [-0.05, 0) is 72.7 Å². The molecule has 1 spiro atoms. The second kappa shape index (κ2) is 7.80. The lowest BCUT2D eigenvalue weighted by molar-refractivity contribution is -0.183. The van der Waals surface area contributed by atoms with Crippen LogP contribution in [0.4, 0.5) is 0 Å². The minimum atomic E-state index is -2.54. The number of hydrogen-bond acceptors (Lipinski definition) is 2. The molecule has 3 fully saturated rings. The van der Waals surface area contributed by atoms with Gasteiger partial charge in [0.15, 0.2) is 0 Å². The topological polar surface area (TPSA) is 18.5 Å². The molecule has 1 aliphatic heterocycles. The number of rotatable bonds is 4. The van der Waals surface area contributed by atoms with Crippen molar-refractivity contribution in [3.05, 3.63) is 60.7 Å². The molecule has 0 amide bonds. The van der Waals surface area contributed by atoms with Crippen molar-refractivity contribution in [1.29, 1.82) is 0 Å². The van der Waals surface area contributed by atoms with Crippen LogP contribution in [0.25, 0.3) is 0 Å². The molecule has 178 valence electrons. The summed E-state index contributed by atoms with van der Waals surface area (Å²) in [5, 5.41) is 2.77. The second-order valence-corrected chi connectivity index (χ2v) is 17.1. The lowest BCUT2D eigenvalue weighted by Crippen LogP contribution is -2.68. The Hall–Kier alpha value is -1.42. The average molecular weight is 463 g/mol. The Bertz CT molecular complexity index is 940. The molecule has 2 saturated carbocycles. The van der Waals surface area contributed by atoms with Crippen LogP contribution in [0.5, 0.6) is 0 Å². The molecule has 5 rings (SSSR count). The Morgan fingerprint density at radius 3 is 1.91 bits per heavy atom. The van der Waals surface area contributed by atoms with E-state index in [0.29, 0.717) is 5.92 Å². The quantitative estimate of drug-likeness (QED) is 0.485. The highest BCUT2D eigenvalue weighted by Gasteiger charge is 2.65. The molecule has 0 unspecified atom stereocenters. The molecule has 3 aliphatic rings. The van der Waals surface area contributed by atoms with Crippen LogP contribution < -0.4 is 10.4 Å². The summed E-state index contributed by atoms with van der Waals surface area (Å²) in [4.78, 5) is 0. The third-order valence-electron chi connectivity index (χ3n) is 9.50. The Kier molecular flexibility index (Phi) is 5.51. The van der Waals surface area contributed by atoms with Crippen LogP contribution in [-0.4, -0.2) is 25.6 Å². The maximum atomic E-state index is 7.58. The molecule has 1 saturated heterocycles. The monoisotopic (exact) mass is 462 g/mol. The predicted molar refractivity (Wildman–Crippen MR) is 140 cm³/mol. The van der Waals surface area contributed by atoms with Crippen LogP contribution >= 0.6 is 0 Å². The van der Waals surface area contributed by atoms with Gasteiger partial charge in [0.2, 0.25) is 0 Å².